The van der Waals surface area contributed by atoms with E-state index < -0.39 is 0 Å². The highest BCUT2D eigenvalue weighted by Gasteiger charge is 2.24. The van der Waals surface area contributed by atoms with Crippen molar-refractivity contribution >= 4 is 5.91 Å². The van der Waals surface area contributed by atoms with E-state index in [1.54, 1.807) is 7.11 Å². The van der Waals surface area contributed by atoms with Crippen molar-refractivity contribution < 1.29 is 9.53 Å². The maximum Gasteiger partial charge on any atom is 0.239 e. The minimum Gasteiger partial charge on any atom is -0.496 e. The third-order valence-corrected chi connectivity index (χ3v) is 3.64. The van der Waals surface area contributed by atoms with Gasteiger partial charge >= 0.3 is 0 Å². The molecule has 1 aromatic rings. The van der Waals surface area contributed by atoms with E-state index in [1.165, 1.54) is 0 Å². The van der Waals surface area contributed by atoms with Crippen molar-refractivity contribution in [2.75, 3.05) is 27.2 Å². The fourth-order valence-electron chi connectivity index (χ4n) is 2.47. The Balaban J connectivity index is 1.88. The summed E-state index contributed by atoms with van der Waals surface area (Å²) in [5.41, 5.74) is 1.14. The standard InChI is InChI=1S/C15H22N2O2/c1-17(15(18)13-7-5-10-16-13)11-9-12-6-3-4-8-14(12)19-2/h3-4,6,8,13,16H,5,7,9-11H2,1-2H3/t13-/m0/s1. The van der Waals surface area contributed by atoms with Crippen LogP contribution >= 0.6 is 0 Å². The summed E-state index contributed by atoms with van der Waals surface area (Å²) < 4.78 is 5.32. The summed E-state index contributed by atoms with van der Waals surface area (Å²) in [7, 11) is 3.55. The molecule has 1 aromatic carbocycles. The Kier molecular flexibility index (Phi) is 4.80. The van der Waals surface area contributed by atoms with Crippen molar-refractivity contribution in [2.24, 2.45) is 0 Å². The zero-order chi connectivity index (χ0) is 13.7. The Morgan fingerprint density at radius 1 is 1.47 bits per heavy atom. The van der Waals surface area contributed by atoms with E-state index in [9.17, 15) is 4.79 Å². The van der Waals surface area contributed by atoms with Crippen LogP contribution in [0.15, 0.2) is 24.3 Å². The molecule has 1 fully saturated rings. The van der Waals surface area contributed by atoms with Crippen LogP contribution < -0.4 is 10.1 Å². The van der Waals surface area contributed by atoms with Crippen LogP contribution in [0.5, 0.6) is 5.75 Å². The SMILES string of the molecule is COc1ccccc1CCN(C)C(=O)[C@@H]1CCCN1. The number of nitrogens with zero attached hydrogens (tertiary/aromatic N) is 1. The molecule has 0 bridgehead atoms. The number of hydrogen-bond acceptors (Lipinski definition) is 3. The van der Waals surface area contributed by atoms with Gasteiger partial charge in [0.2, 0.25) is 5.91 Å². The lowest BCUT2D eigenvalue weighted by Crippen LogP contribution is -2.42. The molecular weight excluding hydrogens is 240 g/mol. The number of hydrogen-bond donors (Lipinski definition) is 1. The number of methoxy groups -OCH3 is 1. The fourth-order valence-corrected chi connectivity index (χ4v) is 2.47. The Hall–Kier alpha value is -1.55. The Labute approximate surface area is 114 Å². The molecule has 0 radical (unpaired) electrons. The molecule has 0 unspecified atom stereocenters. The quantitative estimate of drug-likeness (QED) is 0.873. The fraction of sp³-hybridized carbons (Fsp3) is 0.533. The molecule has 0 aromatic heterocycles. The van der Waals surface area contributed by atoms with E-state index in [0.29, 0.717) is 0 Å². The van der Waals surface area contributed by atoms with Crippen LogP contribution in [-0.4, -0.2) is 44.1 Å². The summed E-state index contributed by atoms with van der Waals surface area (Å²) >= 11 is 0. The van der Waals surface area contributed by atoms with E-state index in [0.717, 1.165) is 43.7 Å². The van der Waals surface area contributed by atoms with Gasteiger partial charge in [-0.05, 0) is 37.4 Å². The van der Waals surface area contributed by atoms with Gasteiger partial charge in [-0.2, -0.15) is 0 Å². The van der Waals surface area contributed by atoms with E-state index in [2.05, 4.69) is 5.32 Å². The summed E-state index contributed by atoms with van der Waals surface area (Å²) in [4.78, 5) is 14.0. The predicted octanol–water partition coefficient (Wildman–Crippen LogP) is 1.45. The number of para-hydroxylation sites is 1. The molecule has 1 atom stereocenters. The number of carbonyl (C=O) groups excluding carboxylic acids is 1. The van der Waals surface area contributed by atoms with E-state index >= 15 is 0 Å². The lowest BCUT2D eigenvalue weighted by molar-refractivity contribution is -0.131. The molecule has 1 N–H and O–H groups in total. The highest BCUT2D eigenvalue weighted by Crippen LogP contribution is 2.18. The lowest BCUT2D eigenvalue weighted by Gasteiger charge is -2.21. The van der Waals surface area contributed by atoms with Gasteiger partial charge in [-0.1, -0.05) is 18.2 Å². The largest absolute Gasteiger partial charge is 0.496 e. The maximum absolute atomic E-state index is 12.2. The Bertz CT molecular complexity index is 428. The number of nitrogens with one attached hydrogen (secondary N) is 1. The van der Waals surface area contributed by atoms with Crippen molar-refractivity contribution in [2.45, 2.75) is 25.3 Å². The van der Waals surface area contributed by atoms with Crippen LogP contribution in [-0.2, 0) is 11.2 Å². The van der Waals surface area contributed by atoms with Gasteiger partial charge in [0.25, 0.3) is 0 Å². The molecule has 4 heteroatoms. The van der Waals surface area contributed by atoms with Crippen molar-refractivity contribution in [3.8, 4) is 5.75 Å². The first-order chi connectivity index (χ1) is 9.22. The van der Waals surface area contributed by atoms with Gasteiger partial charge < -0.3 is 15.0 Å². The highest BCUT2D eigenvalue weighted by atomic mass is 16.5. The molecule has 1 aliphatic rings. The van der Waals surface area contributed by atoms with E-state index in [4.69, 9.17) is 4.74 Å². The molecule has 1 amide bonds. The number of ether oxygens (including phenoxy) is 1. The van der Waals surface area contributed by atoms with E-state index in [1.807, 2.05) is 36.2 Å². The molecule has 4 nitrogen and oxygen atoms in total. The molecule has 1 heterocycles. The van der Waals surface area contributed by atoms with Gasteiger partial charge in [-0.3, -0.25) is 4.79 Å². The first kappa shape index (κ1) is 13.9. The second-order valence-corrected chi connectivity index (χ2v) is 4.97. The summed E-state index contributed by atoms with van der Waals surface area (Å²) in [6.45, 7) is 1.67. The van der Waals surface area contributed by atoms with Gasteiger partial charge in [0.05, 0.1) is 13.2 Å². The first-order valence-corrected chi connectivity index (χ1v) is 6.82. The van der Waals surface area contributed by atoms with Gasteiger partial charge in [-0.25, -0.2) is 0 Å². The summed E-state index contributed by atoms with van der Waals surface area (Å²) in [6.07, 6.45) is 2.87. The first-order valence-electron chi connectivity index (χ1n) is 6.82. The van der Waals surface area contributed by atoms with Crippen molar-refractivity contribution in [3.63, 3.8) is 0 Å². The molecule has 19 heavy (non-hydrogen) atoms. The van der Waals surface area contributed by atoms with E-state index in [-0.39, 0.29) is 11.9 Å². The number of benzene rings is 1. The lowest BCUT2D eigenvalue weighted by atomic mass is 10.1. The van der Waals surface area contributed by atoms with Gasteiger partial charge in [-0.15, -0.1) is 0 Å². The van der Waals surface area contributed by atoms with Gasteiger partial charge in [0.15, 0.2) is 0 Å². The molecule has 104 valence electrons. The highest BCUT2D eigenvalue weighted by molar-refractivity contribution is 5.81. The third kappa shape index (κ3) is 3.47. The Morgan fingerprint density at radius 3 is 2.95 bits per heavy atom. The molecular formula is C15H22N2O2. The van der Waals surface area contributed by atoms with Crippen LogP contribution in [0.1, 0.15) is 18.4 Å². The summed E-state index contributed by atoms with van der Waals surface area (Å²) in [5, 5.41) is 3.24. The van der Waals surface area contributed by atoms with Gasteiger partial charge in [0.1, 0.15) is 5.75 Å². The maximum atomic E-state index is 12.2. The second-order valence-electron chi connectivity index (χ2n) is 4.97. The van der Waals surface area contributed by atoms with Crippen molar-refractivity contribution in [1.82, 2.24) is 10.2 Å². The molecule has 1 saturated heterocycles. The number of amides is 1. The molecule has 0 saturated carbocycles. The van der Waals surface area contributed by atoms with Crippen LogP contribution in [0.25, 0.3) is 0 Å². The average Bonchev–Trinajstić information content (AvgIpc) is 2.98. The van der Waals surface area contributed by atoms with Gasteiger partial charge in [0, 0.05) is 13.6 Å². The van der Waals surface area contributed by atoms with Crippen molar-refractivity contribution in [3.05, 3.63) is 29.8 Å². The molecule has 1 aliphatic heterocycles. The topological polar surface area (TPSA) is 41.6 Å². The average molecular weight is 262 g/mol. The molecule has 0 spiro atoms. The minimum atomic E-state index is 0.0164. The van der Waals surface area contributed by atoms with Crippen LogP contribution in [0.2, 0.25) is 0 Å². The monoisotopic (exact) mass is 262 g/mol. The third-order valence-electron chi connectivity index (χ3n) is 3.64. The normalized spacial score (nSPS) is 18.3. The summed E-state index contributed by atoms with van der Waals surface area (Å²) in [6, 6.07) is 7.97. The number of rotatable bonds is 5. The number of likely N-dealkylation sites (N-methyl/N-ethyl adjacent to an activating group) is 1. The molecule has 2 rings (SSSR count). The van der Waals surface area contributed by atoms with Crippen molar-refractivity contribution in [1.29, 1.82) is 0 Å². The number of carbonyl (C=O) groups is 1. The molecule has 0 aliphatic carbocycles. The Morgan fingerprint density at radius 2 is 2.26 bits per heavy atom. The second kappa shape index (κ2) is 6.57. The predicted molar refractivity (Wildman–Crippen MR) is 75.4 cm³/mol. The minimum absolute atomic E-state index is 0.0164. The van der Waals surface area contributed by atoms with Crippen LogP contribution in [0.4, 0.5) is 0 Å². The summed E-state index contributed by atoms with van der Waals surface area (Å²) in [5.74, 6) is 1.09. The smallest absolute Gasteiger partial charge is 0.239 e. The zero-order valence-corrected chi connectivity index (χ0v) is 11.7. The van der Waals surface area contributed by atoms with Crippen LogP contribution in [0.3, 0.4) is 0 Å². The zero-order valence-electron chi connectivity index (χ0n) is 11.7. The van der Waals surface area contributed by atoms with Crippen LogP contribution in [0, 0.1) is 0 Å².